The molecule has 0 aliphatic heterocycles. The predicted molar refractivity (Wildman–Crippen MR) is 101 cm³/mol. The van der Waals surface area contributed by atoms with E-state index in [9.17, 15) is 9.59 Å². The fourth-order valence-corrected chi connectivity index (χ4v) is 3.28. The molecule has 132 valence electrons. The lowest BCUT2D eigenvalue weighted by Crippen LogP contribution is -2.22. The number of hydrogen-bond acceptors (Lipinski definition) is 5. The van der Waals surface area contributed by atoms with Gasteiger partial charge in [-0.1, -0.05) is 18.2 Å². The van der Waals surface area contributed by atoms with Gasteiger partial charge in [0.1, 0.15) is 9.88 Å². The van der Waals surface area contributed by atoms with Crippen LogP contribution in [0.15, 0.2) is 48.7 Å². The number of pyridine rings is 1. The molecule has 7 nitrogen and oxygen atoms in total. The van der Waals surface area contributed by atoms with Gasteiger partial charge in [-0.15, -0.1) is 11.3 Å². The highest BCUT2D eigenvalue weighted by Gasteiger charge is 2.16. The summed E-state index contributed by atoms with van der Waals surface area (Å²) in [6.07, 6.45) is 1.70. The van der Waals surface area contributed by atoms with Crippen molar-refractivity contribution >= 4 is 29.0 Å². The van der Waals surface area contributed by atoms with Gasteiger partial charge in [-0.2, -0.15) is 0 Å². The average Bonchev–Trinajstić information content (AvgIpc) is 3.03. The van der Waals surface area contributed by atoms with Crippen molar-refractivity contribution in [3.63, 3.8) is 0 Å². The number of nitrogens with two attached hydrogens (primary N) is 1. The zero-order chi connectivity index (χ0) is 18.5. The number of rotatable bonds is 5. The van der Waals surface area contributed by atoms with Gasteiger partial charge in [-0.25, -0.2) is 9.78 Å². The van der Waals surface area contributed by atoms with Crippen LogP contribution >= 0.6 is 11.3 Å². The van der Waals surface area contributed by atoms with E-state index in [1.54, 1.807) is 18.3 Å². The van der Waals surface area contributed by atoms with Gasteiger partial charge in [0.15, 0.2) is 0 Å². The summed E-state index contributed by atoms with van der Waals surface area (Å²) >= 11 is 1.32. The fourth-order valence-electron chi connectivity index (χ4n) is 2.32. The number of benzene rings is 1. The van der Waals surface area contributed by atoms with Crippen molar-refractivity contribution in [3.8, 4) is 10.7 Å². The molecule has 1 aromatic carbocycles. The summed E-state index contributed by atoms with van der Waals surface area (Å²) in [5.74, 6) is -0.179. The number of amides is 3. The van der Waals surface area contributed by atoms with Crippen molar-refractivity contribution in [2.75, 3.05) is 5.32 Å². The van der Waals surface area contributed by atoms with Gasteiger partial charge in [0.05, 0.1) is 11.4 Å². The Hall–Kier alpha value is -3.26. The van der Waals surface area contributed by atoms with Crippen LogP contribution in [0.5, 0.6) is 0 Å². The lowest BCUT2D eigenvalue weighted by Gasteiger charge is -2.06. The topological polar surface area (TPSA) is 110 Å². The molecule has 4 N–H and O–H groups in total. The first-order chi connectivity index (χ1) is 12.5. The second-order valence-electron chi connectivity index (χ2n) is 5.52. The van der Waals surface area contributed by atoms with Crippen molar-refractivity contribution in [1.82, 2.24) is 15.3 Å². The first-order valence-electron chi connectivity index (χ1n) is 7.85. The zero-order valence-corrected chi connectivity index (χ0v) is 14.8. The van der Waals surface area contributed by atoms with Crippen molar-refractivity contribution in [2.45, 2.75) is 13.5 Å². The summed E-state index contributed by atoms with van der Waals surface area (Å²) in [6, 6.07) is 12.0. The molecule has 2 heterocycles. The molecule has 3 amide bonds. The molecule has 0 saturated heterocycles. The first kappa shape index (κ1) is 17.6. The summed E-state index contributed by atoms with van der Waals surface area (Å²) in [5.41, 5.74) is 8.00. The molecule has 0 aliphatic carbocycles. The lowest BCUT2D eigenvalue weighted by molar-refractivity contribution is 0.0954. The molecule has 0 radical (unpaired) electrons. The van der Waals surface area contributed by atoms with E-state index >= 15 is 0 Å². The highest BCUT2D eigenvalue weighted by molar-refractivity contribution is 7.17. The van der Waals surface area contributed by atoms with Crippen molar-refractivity contribution in [2.24, 2.45) is 5.73 Å². The maximum absolute atomic E-state index is 12.5. The van der Waals surface area contributed by atoms with E-state index in [4.69, 9.17) is 5.73 Å². The number of primary amides is 1. The van der Waals surface area contributed by atoms with Crippen molar-refractivity contribution in [1.29, 1.82) is 0 Å². The van der Waals surface area contributed by atoms with Gasteiger partial charge < -0.3 is 16.4 Å². The molecule has 0 spiro atoms. The van der Waals surface area contributed by atoms with Crippen LogP contribution < -0.4 is 16.4 Å². The third kappa shape index (κ3) is 4.22. The Morgan fingerprint density at radius 2 is 1.92 bits per heavy atom. The van der Waals surface area contributed by atoms with Gasteiger partial charge in [-0.3, -0.25) is 9.78 Å². The second-order valence-corrected chi connectivity index (χ2v) is 6.52. The average molecular weight is 367 g/mol. The molecule has 0 bridgehead atoms. The van der Waals surface area contributed by atoms with E-state index in [0.717, 1.165) is 16.3 Å². The number of aryl methyl sites for hydroxylation is 1. The lowest BCUT2D eigenvalue weighted by atomic mass is 10.2. The molecule has 26 heavy (non-hydrogen) atoms. The Morgan fingerprint density at radius 1 is 1.15 bits per heavy atom. The minimum atomic E-state index is -0.615. The maximum atomic E-state index is 12.5. The summed E-state index contributed by atoms with van der Waals surface area (Å²) in [6.45, 7) is 2.17. The van der Waals surface area contributed by atoms with Crippen LogP contribution in [0.25, 0.3) is 10.7 Å². The molecule has 0 atom stereocenters. The van der Waals surface area contributed by atoms with E-state index in [2.05, 4.69) is 20.6 Å². The number of urea groups is 1. The third-order valence-electron chi connectivity index (χ3n) is 3.56. The zero-order valence-electron chi connectivity index (χ0n) is 14.0. The van der Waals surface area contributed by atoms with Crippen LogP contribution in [-0.4, -0.2) is 21.9 Å². The third-order valence-corrected chi connectivity index (χ3v) is 4.74. The quantitative estimate of drug-likeness (QED) is 0.644. The van der Waals surface area contributed by atoms with Crippen LogP contribution in [0.3, 0.4) is 0 Å². The van der Waals surface area contributed by atoms with E-state index in [-0.39, 0.29) is 5.91 Å². The molecule has 3 aromatic rings. The Kier molecular flexibility index (Phi) is 5.23. The highest BCUT2D eigenvalue weighted by Crippen LogP contribution is 2.26. The van der Waals surface area contributed by atoms with E-state index in [0.29, 0.717) is 22.8 Å². The van der Waals surface area contributed by atoms with Gasteiger partial charge >= 0.3 is 6.03 Å². The van der Waals surface area contributed by atoms with Gasteiger partial charge in [0.2, 0.25) is 0 Å². The minimum Gasteiger partial charge on any atom is -0.351 e. The first-order valence-corrected chi connectivity index (χ1v) is 8.67. The summed E-state index contributed by atoms with van der Waals surface area (Å²) in [4.78, 5) is 32.5. The highest BCUT2D eigenvalue weighted by atomic mass is 32.1. The number of thiazole rings is 1. The number of carbonyl (C=O) groups excluding carboxylic acids is 2. The molecule has 0 fully saturated rings. The molecule has 0 saturated carbocycles. The monoisotopic (exact) mass is 367 g/mol. The van der Waals surface area contributed by atoms with Crippen LogP contribution in [-0.2, 0) is 6.54 Å². The smallest absolute Gasteiger partial charge is 0.316 e. The normalized spacial score (nSPS) is 10.3. The number of anilines is 1. The molecule has 0 unspecified atom stereocenters. The Labute approximate surface area is 154 Å². The van der Waals surface area contributed by atoms with Gasteiger partial charge in [0.25, 0.3) is 5.91 Å². The maximum Gasteiger partial charge on any atom is 0.316 e. The number of nitrogens with zero attached hydrogens (tertiary/aromatic N) is 2. The summed E-state index contributed by atoms with van der Waals surface area (Å²) in [7, 11) is 0. The molecule has 3 rings (SSSR count). The van der Waals surface area contributed by atoms with Crippen LogP contribution in [0.2, 0.25) is 0 Å². The Balaban J connectivity index is 1.65. The van der Waals surface area contributed by atoms with Gasteiger partial charge in [-0.05, 0) is 36.8 Å². The molecule has 2 aromatic heterocycles. The van der Waals surface area contributed by atoms with Gasteiger partial charge in [0, 0.05) is 18.4 Å². The summed E-state index contributed by atoms with van der Waals surface area (Å²) < 4.78 is 0. The number of carbonyl (C=O) groups is 2. The molecular formula is C18H17N5O2S. The van der Waals surface area contributed by atoms with Crippen LogP contribution in [0, 0.1) is 6.92 Å². The SMILES string of the molecule is Cc1nc(-c2ccccn2)sc1C(=O)NCc1ccc(NC(N)=O)cc1. The summed E-state index contributed by atoms with van der Waals surface area (Å²) in [5, 5.41) is 6.09. The fraction of sp³-hybridized carbons (Fsp3) is 0.111. The number of nitrogens with one attached hydrogen (secondary N) is 2. The van der Waals surface area contributed by atoms with E-state index in [1.807, 2.05) is 37.3 Å². The second kappa shape index (κ2) is 7.75. The number of aromatic nitrogens is 2. The Bertz CT molecular complexity index is 923. The predicted octanol–water partition coefficient (Wildman–Crippen LogP) is 2.93. The molecule has 8 heteroatoms. The van der Waals surface area contributed by atoms with E-state index < -0.39 is 6.03 Å². The van der Waals surface area contributed by atoms with Crippen LogP contribution in [0.4, 0.5) is 10.5 Å². The standard InChI is InChI=1S/C18H17N5O2S/c1-11-15(26-17(22-11)14-4-2-3-9-20-14)16(24)21-10-12-5-7-13(8-6-12)23-18(19)25/h2-9H,10H2,1H3,(H,21,24)(H3,19,23,25). The molecular weight excluding hydrogens is 350 g/mol. The molecule has 0 aliphatic rings. The largest absolute Gasteiger partial charge is 0.351 e. The number of hydrogen-bond donors (Lipinski definition) is 3. The van der Waals surface area contributed by atoms with E-state index in [1.165, 1.54) is 11.3 Å². The van der Waals surface area contributed by atoms with Crippen LogP contribution in [0.1, 0.15) is 20.9 Å². The minimum absolute atomic E-state index is 0.179. The van der Waals surface area contributed by atoms with Crippen molar-refractivity contribution in [3.05, 3.63) is 64.8 Å². The van der Waals surface area contributed by atoms with Crippen molar-refractivity contribution < 1.29 is 9.59 Å². The Morgan fingerprint density at radius 3 is 2.58 bits per heavy atom.